The van der Waals surface area contributed by atoms with Gasteiger partial charge in [0.2, 0.25) is 0 Å². The summed E-state index contributed by atoms with van der Waals surface area (Å²) in [5.74, 6) is 0. The highest BCUT2D eigenvalue weighted by Gasteiger charge is 2.36. The SMILES string of the molecule is CCCN(C1CC1)C(c1ccccc1Br)C(C)N. The van der Waals surface area contributed by atoms with E-state index in [9.17, 15) is 0 Å². The molecule has 1 aromatic carbocycles. The summed E-state index contributed by atoms with van der Waals surface area (Å²) in [4.78, 5) is 2.60. The Morgan fingerprint density at radius 2 is 2.06 bits per heavy atom. The van der Waals surface area contributed by atoms with Gasteiger partial charge >= 0.3 is 0 Å². The van der Waals surface area contributed by atoms with Crippen LogP contribution >= 0.6 is 15.9 Å². The number of rotatable bonds is 6. The number of hydrogen-bond donors (Lipinski definition) is 1. The maximum atomic E-state index is 6.27. The summed E-state index contributed by atoms with van der Waals surface area (Å²) in [5.41, 5.74) is 7.60. The standard InChI is InChI=1S/C15H23BrN2/c1-3-10-18(12-8-9-12)15(11(2)17)13-6-4-5-7-14(13)16/h4-7,11-12,15H,3,8-10,17H2,1-2H3. The summed E-state index contributed by atoms with van der Waals surface area (Å²) in [6.07, 6.45) is 3.84. The van der Waals surface area contributed by atoms with E-state index < -0.39 is 0 Å². The van der Waals surface area contributed by atoms with Crippen molar-refractivity contribution < 1.29 is 0 Å². The van der Waals surface area contributed by atoms with E-state index in [1.165, 1.54) is 29.3 Å². The fraction of sp³-hybridized carbons (Fsp3) is 0.600. The van der Waals surface area contributed by atoms with E-state index in [1.54, 1.807) is 0 Å². The molecule has 1 aromatic rings. The third-order valence-electron chi connectivity index (χ3n) is 3.58. The number of hydrogen-bond acceptors (Lipinski definition) is 2. The molecule has 100 valence electrons. The number of halogens is 1. The van der Waals surface area contributed by atoms with Crippen LogP contribution in [0.1, 0.15) is 44.7 Å². The van der Waals surface area contributed by atoms with Gasteiger partial charge in [0.1, 0.15) is 0 Å². The Morgan fingerprint density at radius 1 is 1.39 bits per heavy atom. The van der Waals surface area contributed by atoms with E-state index in [-0.39, 0.29) is 6.04 Å². The van der Waals surface area contributed by atoms with Crippen LogP contribution in [-0.2, 0) is 0 Å². The molecule has 0 spiro atoms. The molecular formula is C15H23BrN2. The van der Waals surface area contributed by atoms with Crippen LogP contribution in [-0.4, -0.2) is 23.5 Å². The number of nitrogens with zero attached hydrogens (tertiary/aromatic N) is 1. The van der Waals surface area contributed by atoms with Gasteiger partial charge in [-0.05, 0) is 44.4 Å². The molecule has 0 heterocycles. The molecule has 1 fully saturated rings. The Hall–Kier alpha value is -0.380. The lowest BCUT2D eigenvalue weighted by atomic mass is 9.98. The first-order valence-electron chi connectivity index (χ1n) is 6.91. The normalized spacial score (nSPS) is 18.9. The lowest BCUT2D eigenvalue weighted by Gasteiger charge is -2.35. The van der Waals surface area contributed by atoms with Crippen molar-refractivity contribution in [3.05, 3.63) is 34.3 Å². The van der Waals surface area contributed by atoms with Crippen LogP contribution in [0.15, 0.2) is 28.7 Å². The van der Waals surface area contributed by atoms with Crippen molar-refractivity contribution in [2.24, 2.45) is 5.73 Å². The minimum Gasteiger partial charge on any atom is -0.326 e. The van der Waals surface area contributed by atoms with Gasteiger partial charge in [0.25, 0.3) is 0 Å². The number of nitrogens with two attached hydrogens (primary N) is 1. The van der Waals surface area contributed by atoms with E-state index >= 15 is 0 Å². The summed E-state index contributed by atoms with van der Waals surface area (Å²) in [7, 11) is 0. The Morgan fingerprint density at radius 3 is 2.56 bits per heavy atom. The molecule has 18 heavy (non-hydrogen) atoms. The first-order valence-corrected chi connectivity index (χ1v) is 7.70. The molecule has 0 aromatic heterocycles. The second kappa shape index (κ2) is 6.18. The van der Waals surface area contributed by atoms with E-state index in [4.69, 9.17) is 5.73 Å². The maximum absolute atomic E-state index is 6.27. The summed E-state index contributed by atoms with van der Waals surface area (Å²) >= 11 is 3.67. The second-order valence-electron chi connectivity index (χ2n) is 5.29. The van der Waals surface area contributed by atoms with Crippen molar-refractivity contribution in [3.8, 4) is 0 Å². The van der Waals surface area contributed by atoms with Gasteiger partial charge in [-0.15, -0.1) is 0 Å². The topological polar surface area (TPSA) is 29.3 Å². The molecule has 3 heteroatoms. The van der Waals surface area contributed by atoms with Gasteiger partial charge < -0.3 is 5.73 Å². The molecule has 2 nitrogen and oxygen atoms in total. The molecule has 0 aliphatic heterocycles. The smallest absolute Gasteiger partial charge is 0.0510 e. The van der Waals surface area contributed by atoms with Crippen molar-refractivity contribution in [2.45, 2.75) is 51.2 Å². The Kier molecular flexibility index (Phi) is 4.82. The van der Waals surface area contributed by atoms with Crippen molar-refractivity contribution in [1.29, 1.82) is 0 Å². The molecule has 2 rings (SSSR count). The maximum Gasteiger partial charge on any atom is 0.0510 e. The molecule has 1 saturated carbocycles. The minimum absolute atomic E-state index is 0.149. The quantitative estimate of drug-likeness (QED) is 0.868. The van der Waals surface area contributed by atoms with Gasteiger partial charge in [-0.25, -0.2) is 0 Å². The van der Waals surface area contributed by atoms with Gasteiger partial charge in [0, 0.05) is 16.6 Å². The van der Waals surface area contributed by atoms with Crippen LogP contribution in [0.3, 0.4) is 0 Å². The van der Waals surface area contributed by atoms with Crippen molar-refractivity contribution >= 4 is 15.9 Å². The van der Waals surface area contributed by atoms with Crippen LogP contribution < -0.4 is 5.73 Å². The summed E-state index contributed by atoms with van der Waals surface area (Å²) in [5, 5.41) is 0. The highest BCUT2D eigenvalue weighted by Crippen LogP contribution is 2.38. The Labute approximate surface area is 119 Å². The molecule has 2 atom stereocenters. The predicted octanol–water partition coefficient (Wildman–Crippen LogP) is 3.71. The largest absolute Gasteiger partial charge is 0.326 e. The molecule has 1 aliphatic rings. The van der Waals surface area contributed by atoms with Crippen molar-refractivity contribution in [1.82, 2.24) is 4.90 Å². The van der Waals surface area contributed by atoms with Crippen LogP contribution in [0.5, 0.6) is 0 Å². The average molecular weight is 311 g/mol. The van der Waals surface area contributed by atoms with Crippen LogP contribution in [0.2, 0.25) is 0 Å². The third-order valence-corrected chi connectivity index (χ3v) is 4.30. The zero-order valence-corrected chi connectivity index (χ0v) is 12.9. The van der Waals surface area contributed by atoms with Crippen LogP contribution in [0, 0.1) is 0 Å². The van der Waals surface area contributed by atoms with E-state index in [1.807, 2.05) is 0 Å². The monoisotopic (exact) mass is 310 g/mol. The third kappa shape index (κ3) is 3.14. The molecule has 2 N–H and O–H groups in total. The molecule has 2 unspecified atom stereocenters. The van der Waals surface area contributed by atoms with E-state index in [0.29, 0.717) is 6.04 Å². The lowest BCUT2D eigenvalue weighted by Crippen LogP contribution is -2.41. The van der Waals surface area contributed by atoms with Gasteiger partial charge in [-0.1, -0.05) is 41.1 Å². The number of benzene rings is 1. The first kappa shape index (κ1) is 14.0. The lowest BCUT2D eigenvalue weighted by molar-refractivity contribution is 0.166. The molecule has 0 saturated heterocycles. The summed E-state index contributed by atoms with van der Waals surface area (Å²) < 4.78 is 1.18. The van der Waals surface area contributed by atoms with Gasteiger partial charge in [0.15, 0.2) is 0 Å². The molecule has 0 bridgehead atoms. The Balaban J connectivity index is 2.29. The average Bonchev–Trinajstić information content (AvgIpc) is 3.14. The Bertz CT molecular complexity index is 388. The molecule has 0 radical (unpaired) electrons. The summed E-state index contributed by atoms with van der Waals surface area (Å²) in [6.45, 7) is 5.50. The van der Waals surface area contributed by atoms with E-state index in [0.717, 1.165) is 12.6 Å². The van der Waals surface area contributed by atoms with Gasteiger partial charge in [-0.3, -0.25) is 4.90 Å². The first-order chi connectivity index (χ1) is 8.65. The van der Waals surface area contributed by atoms with Gasteiger partial charge in [0.05, 0.1) is 6.04 Å². The zero-order valence-electron chi connectivity index (χ0n) is 11.3. The highest BCUT2D eigenvalue weighted by atomic mass is 79.9. The summed E-state index contributed by atoms with van der Waals surface area (Å²) in [6, 6.07) is 9.70. The zero-order chi connectivity index (χ0) is 13.1. The van der Waals surface area contributed by atoms with Crippen LogP contribution in [0.25, 0.3) is 0 Å². The fourth-order valence-corrected chi connectivity index (χ4v) is 3.21. The fourth-order valence-electron chi connectivity index (χ4n) is 2.69. The van der Waals surface area contributed by atoms with Crippen LogP contribution in [0.4, 0.5) is 0 Å². The molecular weight excluding hydrogens is 288 g/mol. The van der Waals surface area contributed by atoms with Crippen molar-refractivity contribution in [3.63, 3.8) is 0 Å². The van der Waals surface area contributed by atoms with Gasteiger partial charge in [-0.2, -0.15) is 0 Å². The minimum atomic E-state index is 0.149. The van der Waals surface area contributed by atoms with E-state index in [2.05, 4.69) is 58.9 Å². The molecule has 0 amide bonds. The second-order valence-corrected chi connectivity index (χ2v) is 6.15. The van der Waals surface area contributed by atoms with Crippen molar-refractivity contribution in [2.75, 3.05) is 6.54 Å². The predicted molar refractivity (Wildman–Crippen MR) is 80.6 cm³/mol. The molecule has 1 aliphatic carbocycles. The highest BCUT2D eigenvalue weighted by molar-refractivity contribution is 9.10.